The number of hydrogen-bond donors (Lipinski definition) is 1. The molecular weight excluding hydrogens is 312 g/mol. The van der Waals surface area contributed by atoms with Crippen LogP contribution in [0.15, 0.2) is 29.6 Å². The van der Waals surface area contributed by atoms with Crippen molar-refractivity contribution in [3.05, 3.63) is 35.1 Å². The summed E-state index contributed by atoms with van der Waals surface area (Å²) in [6.07, 6.45) is 2.54. The maximum Gasteiger partial charge on any atom is 0.313 e. The fraction of sp³-hybridized carbons (Fsp3) is 0.286. The van der Waals surface area contributed by atoms with E-state index in [2.05, 4.69) is 4.98 Å². The van der Waals surface area contributed by atoms with Crippen molar-refractivity contribution in [1.82, 2.24) is 9.55 Å². The van der Waals surface area contributed by atoms with E-state index in [1.165, 1.54) is 11.8 Å². The number of carbonyl (C=O) groups is 1. The number of thioether (sulfide) groups is 1. The van der Waals surface area contributed by atoms with Crippen LogP contribution in [0.5, 0.6) is 5.75 Å². The van der Waals surface area contributed by atoms with Crippen molar-refractivity contribution in [2.75, 3.05) is 12.9 Å². The summed E-state index contributed by atoms with van der Waals surface area (Å²) >= 11 is 7.22. The molecule has 112 valence electrons. The fourth-order valence-electron chi connectivity index (χ4n) is 1.91. The number of halogens is 1. The zero-order valence-corrected chi connectivity index (χ0v) is 13.2. The number of aromatic nitrogens is 2. The predicted molar refractivity (Wildman–Crippen MR) is 82.9 cm³/mol. The number of nitrogens with zero attached hydrogens (tertiary/aromatic N) is 2. The number of hydrogen-bond acceptors (Lipinski definition) is 4. The number of carboxylic acid groups (broad SMARTS) is 1. The largest absolute Gasteiger partial charge is 0.495 e. The summed E-state index contributed by atoms with van der Waals surface area (Å²) in [5.41, 5.74) is 1.84. The molecule has 1 aromatic carbocycles. The number of carboxylic acids is 1. The fourth-order valence-corrected chi connectivity index (χ4v) is 2.84. The van der Waals surface area contributed by atoms with Gasteiger partial charge in [0.25, 0.3) is 0 Å². The lowest BCUT2D eigenvalue weighted by molar-refractivity contribution is -0.133. The third-order valence-corrected chi connectivity index (χ3v) is 4.13. The summed E-state index contributed by atoms with van der Waals surface area (Å²) < 4.78 is 7.15. The standard InChI is InChI=1S/C14H15ClN2O3S/c1-3-9-7-16-14(21-8-13(18)19)17(9)10-4-5-11(15)12(6-10)20-2/h4-7H,3,8H2,1-2H3,(H,18,19). The maximum absolute atomic E-state index is 10.7. The van der Waals surface area contributed by atoms with Crippen LogP contribution in [0.1, 0.15) is 12.6 Å². The first-order valence-corrected chi connectivity index (χ1v) is 7.68. The van der Waals surface area contributed by atoms with Crippen LogP contribution in [-0.2, 0) is 11.2 Å². The number of ether oxygens (including phenoxy) is 1. The van der Waals surface area contributed by atoms with Gasteiger partial charge >= 0.3 is 5.97 Å². The molecule has 1 heterocycles. The van der Waals surface area contributed by atoms with Crippen molar-refractivity contribution in [1.29, 1.82) is 0 Å². The second-order valence-corrected chi connectivity index (χ2v) is 5.57. The highest BCUT2D eigenvalue weighted by Crippen LogP contribution is 2.30. The molecule has 0 aliphatic heterocycles. The van der Waals surface area contributed by atoms with Crippen LogP contribution in [0.25, 0.3) is 5.69 Å². The Labute approximate surface area is 131 Å². The van der Waals surface area contributed by atoms with Crippen LogP contribution in [-0.4, -0.2) is 33.5 Å². The molecule has 0 saturated heterocycles. The molecule has 0 saturated carbocycles. The smallest absolute Gasteiger partial charge is 0.313 e. The predicted octanol–water partition coefficient (Wildman–Crippen LogP) is 3.27. The van der Waals surface area contributed by atoms with Gasteiger partial charge in [-0.05, 0) is 18.6 Å². The second-order valence-electron chi connectivity index (χ2n) is 4.22. The van der Waals surface area contributed by atoms with Crippen molar-refractivity contribution in [3.63, 3.8) is 0 Å². The van der Waals surface area contributed by atoms with Crippen molar-refractivity contribution in [3.8, 4) is 11.4 Å². The van der Waals surface area contributed by atoms with Crippen LogP contribution in [0.2, 0.25) is 5.02 Å². The highest BCUT2D eigenvalue weighted by atomic mass is 35.5. The molecule has 0 bridgehead atoms. The zero-order valence-electron chi connectivity index (χ0n) is 11.7. The van der Waals surface area contributed by atoms with Gasteiger partial charge in [0.15, 0.2) is 5.16 Å². The minimum Gasteiger partial charge on any atom is -0.495 e. The quantitative estimate of drug-likeness (QED) is 0.825. The molecule has 7 heteroatoms. The van der Waals surface area contributed by atoms with Crippen LogP contribution in [0.4, 0.5) is 0 Å². The molecule has 0 unspecified atom stereocenters. The number of benzene rings is 1. The van der Waals surface area contributed by atoms with Gasteiger partial charge in [-0.25, -0.2) is 4.98 Å². The molecule has 0 spiro atoms. The summed E-state index contributed by atoms with van der Waals surface area (Å²) in [5.74, 6) is -0.342. The average Bonchev–Trinajstić information content (AvgIpc) is 2.88. The Bertz CT molecular complexity index is 658. The topological polar surface area (TPSA) is 64.3 Å². The van der Waals surface area contributed by atoms with E-state index in [0.29, 0.717) is 15.9 Å². The summed E-state index contributed by atoms with van der Waals surface area (Å²) in [7, 11) is 1.56. The molecule has 0 aliphatic carbocycles. The number of aryl methyl sites for hydroxylation is 1. The Kier molecular flexibility index (Phi) is 5.14. The molecular formula is C14H15ClN2O3S. The molecule has 0 aliphatic rings. The highest BCUT2D eigenvalue weighted by molar-refractivity contribution is 7.99. The monoisotopic (exact) mass is 326 g/mol. The Morgan fingerprint density at radius 2 is 2.29 bits per heavy atom. The minimum absolute atomic E-state index is 0.0368. The highest BCUT2D eigenvalue weighted by Gasteiger charge is 2.14. The molecule has 1 N–H and O–H groups in total. The van der Waals surface area contributed by atoms with Gasteiger partial charge in [-0.3, -0.25) is 9.36 Å². The molecule has 2 aromatic rings. The summed E-state index contributed by atoms with van der Waals surface area (Å²) in [6.45, 7) is 2.02. The molecule has 0 fully saturated rings. The summed E-state index contributed by atoms with van der Waals surface area (Å²) in [6, 6.07) is 5.42. The molecule has 0 atom stereocenters. The van der Waals surface area contributed by atoms with E-state index in [-0.39, 0.29) is 5.75 Å². The first-order valence-electron chi connectivity index (χ1n) is 6.32. The molecule has 21 heavy (non-hydrogen) atoms. The van der Waals surface area contributed by atoms with Crippen molar-refractivity contribution in [2.24, 2.45) is 0 Å². The summed E-state index contributed by atoms with van der Waals surface area (Å²) in [4.78, 5) is 15.0. The first kappa shape index (κ1) is 15.7. The second kappa shape index (κ2) is 6.87. The lowest BCUT2D eigenvalue weighted by atomic mass is 10.2. The summed E-state index contributed by atoms with van der Waals surface area (Å²) in [5, 5.41) is 9.99. The van der Waals surface area contributed by atoms with Gasteiger partial charge in [0.05, 0.1) is 23.6 Å². The molecule has 2 rings (SSSR count). The lowest BCUT2D eigenvalue weighted by Crippen LogP contribution is -2.04. The van der Waals surface area contributed by atoms with E-state index >= 15 is 0 Å². The third-order valence-electron chi connectivity index (χ3n) is 2.88. The van der Waals surface area contributed by atoms with Crippen molar-refractivity contribution in [2.45, 2.75) is 18.5 Å². The number of aliphatic carboxylic acids is 1. The third kappa shape index (κ3) is 3.51. The lowest BCUT2D eigenvalue weighted by Gasteiger charge is -2.12. The van der Waals surface area contributed by atoms with E-state index < -0.39 is 5.97 Å². The SMILES string of the molecule is CCc1cnc(SCC(=O)O)n1-c1ccc(Cl)c(OC)c1. The van der Waals surface area contributed by atoms with E-state index in [4.69, 9.17) is 21.4 Å². The number of methoxy groups -OCH3 is 1. The van der Waals surface area contributed by atoms with Gasteiger partial charge in [-0.15, -0.1) is 0 Å². The van der Waals surface area contributed by atoms with Crippen molar-refractivity contribution < 1.29 is 14.6 Å². The van der Waals surface area contributed by atoms with Gasteiger partial charge in [0.1, 0.15) is 5.75 Å². The van der Waals surface area contributed by atoms with E-state index in [0.717, 1.165) is 17.8 Å². The molecule has 0 amide bonds. The van der Waals surface area contributed by atoms with Crippen molar-refractivity contribution >= 4 is 29.3 Å². The molecule has 5 nitrogen and oxygen atoms in total. The van der Waals surface area contributed by atoms with Gasteiger partial charge in [0.2, 0.25) is 0 Å². The average molecular weight is 327 g/mol. The minimum atomic E-state index is -0.874. The Morgan fingerprint density at radius 3 is 2.90 bits per heavy atom. The van der Waals surface area contributed by atoms with Crippen LogP contribution >= 0.6 is 23.4 Å². The van der Waals surface area contributed by atoms with Crippen LogP contribution in [0, 0.1) is 0 Å². The Morgan fingerprint density at radius 1 is 1.52 bits per heavy atom. The van der Waals surface area contributed by atoms with Gasteiger partial charge in [-0.1, -0.05) is 30.3 Å². The first-order chi connectivity index (χ1) is 10.1. The Hall–Kier alpha value is -1.66. The van der Waals surface area contributed by atoms with Gasteiger partial charge in [0, 0.05) is 18.0 Å². The van der Waals surface area contributed by atoms with Gasteiger partial charge in [-0.2, -0.15) is 0 Å². The van der Waals surface area contributed by atoms with Crippen LogP contribution < -0.4 is 4.74 Å². The van der Waals surface area contributed by atoms with E-state index in [9.17, 15) is 4.79 Å². The number of imidazole rings is 1. The van der Waals surface area contributed by atoms with Crippen LogP contribution in [0.3, 0.4) is 0 Å². The van der Waals surface area contributed by atoms with Gasteiger partial charge < -0.3 is 9.84 Å². The van der Waals surface area contributed by atoms with E-state index in [1.807, 2.05) is 23.6 Å². The van der Waals surface area contributed by atoms with E-state index in [1.54, 1.807) is 19.4 Å². The molecule has 1 aromatic heterocycles. The number of rotatable bonds is 6. The molecule has 0 radical (unpaired) electrons. The Balaban J connectivity index is 2.45. The zero-order chi connectivity index (χ0) is 15.4. The normalized spacial score (nSPS) is 10.6. The maximum atomic E-state index is 10.7.